The van der Waals surface area contributed by atoms with Crippen LogP contribution in [0.1, 0.15) is 5.69 Å². The third kappa shape index (κ3) is 2.19. The van der Waals surface area contributed by atoms with Crippen LogP contribution in [0.3, 0.4) is 0 Å². The minimum Gasteiger partial charge on any atom is -0.398 e. The van der Waals surface area contributed by atoms with E-state index in [-0.39, 0.29) is 5.71 Å². The number of carbonyl (C=O) groups is 1. The maximum atomic E-state index is 10.9. The number of aromatic nitrogens is 1. The molecule has 1 heterocycles. The SMILES string of the molecule is CNc1nc(C(=NOC)C(N)=O)cs1. The number of rotatable bonds is 4. The monoisotopic (exact) mass is 214 g/mol. The normalized spacial score (nSPS) is 11.1. The molecule has 6 nitrogen and oxygen atoms in total. The average molecular weight is 214 g/mol. The molecular weight excluding hydrogens is 204 g/mol. The van der Waals surface area contributed by atoms with Gasteiger partial charge in [-0.1, -0.05) is 5.16 Å². The van der Waals surface area contributed by atoms with Crippen LogP contribution in [-0.4, -0.2) is 30.8 Å². The molecule has 0 bridgehead atoms. The molecule has 0 unspecified atom stereocenters. The van der Waals surface area contributed by atoms with Gasteiger partial charge in [-0.05, 0) is 0 Å². The van der Waals surface area contributed by atoms with Gasteiger partial charge in [0.15, 0.2) is 10.8 Å². The standard InChI is InChI=1S/C7H10N4O2S/c1-9-7-10-4(3-14-7)5(6(8)12)11-13-2/h3H,1-2H3,(H2,8,12)(H,9,10). The third-order valence-electron chi connectivity index (χ3n) is 1.38. The lowest BCUT2D eigenvalue weighted by Crippen LogP contribution is -2.24. The lowest BCUT2D eigenvalue weighted by Gasteiger charge is -1.96. The number of nitrogens with zero attached hydrogens (tertiary/aromatic N) is 2. The Labute approximate surface area is 84.8 Å². The van der Waals surface area contributed by atoms with E-state index in [2.05, 4.69) is 20.3 Å². The van der Waals surface area contributed by atoms with E-state index in [4.69, 9.17) is 5.73 Å². The first kappa shape index (κ1) is 10.5. The highest BCUT2D eigenvalue weighted by Crippen LogP contribution is 2.15. The molecule has 3 N–H and O–H groups in total. The summed E-state index contributed by atoms with van der Waals surface area (Å²) >= 11 is 1.35. The van der Waals surface area contributed by atoms with Crippen molar-refractivity contribution in [2.75, 3.05) is 19.5 Å². The molecule has 0 aliphatic rings. The second-order valence-electron chi connectivity index (χ2n) is 2.27. The van der Waals surface area contributed by atoms with Crippen LogP contribution in [0.2, 0.25) is 0 Å². The Morgan fingerprint density at radius 1 is 1.79 bits per heavy atom. The van der Waals surface area contributed by atoms with Crippen molar-refractivity contribution in [3.63, 3.8) is 0 Å². The zero-order valence-electron chi connectivity index (χ0n) is 7.77. The van der Waals surface area contributed by atoms with Crippen molar-refractivity contribution in [2.24, 2.45) is 10.9 Å². The van der Waals surface area contributed by atoms with Crippen LogP contribution in [0.15, 0.2) is 10.5 Å². The number of primary amides is 1. The van der Waals surface area contributed by atoms with Crippen LogP contribution in [-0.2, 0) is 9.63 Å². The van der Waals surface area contributed by atoms with E-state index in [1.54, 1.807) is 12.4 Å². The number of oxime groups is 1. The van der Waals surface area contributed by atoms with Crippen LogP contribution >= 0.6 is 11.3 Å². The molecule has 7 heteroatoms. The quantitative estimate of drug-likeness (QED) is 0.546. The van der Waals surface area contributed by atoms with Gasteiger partial charge in [0.25, 0.3) is 5.91 Å². The van der Waals surface area contributed by atoms with Crippen LogP contribution in [0, 0.1) is 0 Å². The minimum absolute atomic E-state index is 0.0188. The van der Waals surface area contributed by atoms with Crippen molar-refractivity contribution >= 4 is 28.1 Å². The molecule has 0 saturated heterocycles. The van der Waals surface area contributed by atoms with Crippen molar-refractivity contribution in [1.82, 2.24) is 4.98 Å². The highest BCUT2D eigenvalue weighted by Gasteiger charge is 2.14. The van der Waals surface area contributed by atoms with Gasteiger partial charge in [0, 0.05) is 12.4 Å². The largest absolute Gasteiger partial charge is 0.398 e. The maximum absolute atomic E-state index is 10.9. The minimum atomic E-state index is -0.667. The van der Waals surface area contributed by atoms with Gasteiger partial charge in [0.2, 0.25) is 0 Å². The Morgan fingerprint density at radius 2 is 2.50 bits per heavy atom. The molecule has 0 radical (unpaired) electrons. The smallest absolute Gasteiger partial charge is 0.273 e. The second-order valence-corrected chi connectivity index (χ2v) is 3.13. The van der Waals surface area contributed by atoms with Gasteiger partial charge in [-0.2, -0.15) is 0 Å². The first-order chi connectivity index (χ1) is 6.69. The summed E-state index contributed by atoms with van der Waals surface area (Å²) < 4.78 is 0. The number of nitrogens with one attached hydrogen (secondary N) is 1. The van der Waals surface area contributed by atoms with Gasteiger partial charge in [0.05, 0.1) is 0 Å². The molecule has 1 amide bonds. The van der Waals surface area contributed by atoms with Gasteiger partial charge < -0.3 is 15.9 Å². The Kier molecular flexibility index (Phi) is 3.41. The number of amides is 1. The van der Waals surface area contributed by atoms with E-state index in [0.29, 0.717) is 10.8 Å². The summed E-state index contributed by atoms with van der Waals surface area (Å²) in [5.74, 6) is -0.667. The van der Waals surface area contributed by atoms with Gasteiger partial charge in [-0.25, -0.2) is 4.98 Å². The number of thiazole rings is 1. The van der Waals surface area contributed by atoms with Gasteiger partial charge in [0.1, 0.15) is 12.8 Å². The summed E-state index contributed by atoms with van der Waals surface area (Å²) in [6, 6.07) is 0. The molecule has 0 spiro atoms. The molecular formula is C7H10N4O2S. The fraction of sp³-hybridized carbons (Fsp3) is 0.286. The fourth-order valence-electron chi connectivity index (χ4n) is 0.807. The molecule has 0 aromatic carbocycles. The summed E-state index contributed by atoms with van der Waals surface area (Å²) in [7, 11) is 3.08. The second kappa shape index (κ2) is 4.56. The van der Waals surface area contributed by atoms with Crippen LogP contribution in [0.5, 0.6) is 0 Å². The van der Waals surface area contributed by atoms with Crippen molar-refractivity contribution in [1.29, 1.82) is 0 Å². The predicted molar refractivity (Wildman–Crippen MR) is 54.4 cm³/mol. The zero-order chi connectivity index (χ0) is 10.6. The number of hydrogen-bond donors (Lipinski definition) is 2. The summed E-state index contributed by atoms with van der Waals surface area (Å²) in [6.45, 7) is 0. The molecule has 1 aromatic heterocycles. The van der Waals surface area contributed by atoms with Crippen LogP contribution < -0.4 is 11.1 Å². The Balaban J connectivity index is 3.00. The Hall–Kier alpha value is -1.63. The predicted octanol–water partition coefficient (Wildman–Crippen LogP) is 0.0206. The van der Waals surface area contributed by atoms with E-state index in [1.807, 2.05) is 0 Å². The molecule has 0 aliphatic carbocycles. The number of hydrogen-bond acceptors (Lipinski definition) is 6. The first-order valence-electron chi connectivity index (χ1n) is 3.73. The van der Waals surface area contributed by atoms with Crippen molar-refractivity contribution in [3.05, 3.63) is 11.1 Å². The fourth-order valence-corrected chi connectivity index (χ4v) is 1.46. The topological polar surface area (TPSA) is 89.6 Å². The highest BCUT2D eigenvalue weighted by atomic mass is 32.1. The Morgan fingerprint density at radius 3 is 2.93 bits per heavy atom. The lowest BCUT2D eigenvalue weighted by atomic mass is 10.3. The van der Waals surface area contributed by atoms with Crippen LogP contribution in [0.25, 0.3) is 0 Å². The van der Waals surface area contributed by atoms with Crippen molar-refractivity contribution < 1.29 is 9.63 Å². The summed E-state index contributed by atoms with van der Waals surface area (Å²) in [4.78, 5) is 19.5. The molecule has 14 heavy (non-hydrogen) atoms. The molecule has 0 saturated carbocycles. The molecule has 0 atom stereocenters. The van der Waals surface area contributed by atoms with Gasteiger partial charge in [-0.15, -0.1) is 11.3 Å². The molecule has 0 fully saturated rings. The molecule has 76 valence electrons. The van der Waals surface area contributed by atoms with E-state index >= 15 is 0 Å². The Bertz CT molecular complexity index is 360. The summed E-state index contributed by atoms with van der Waals surface area (Å²) in [5, 5.41) is 8.70. The highest BCUT2D eigenvalue weighted by molar-refractivity contribution is 7.14. The summed E-state index contributed by atoms with van der Waals surface area (Å²) in [5.41, 5.74) is 5.53. The zero-order valence-corrected chi connectivity index (χ0v) is 8.59. The number of anilines is 1. The maximum Gasteiger partial charge on any atom is 0.273 e. The third-order valence-corrected chi connectivity index (χ3v) is 2.24. The van der Waals surface area contributed by atoms with E-state index in [9.17, 15) is 4.79 Å². The first-order valence-corrected chi connectivity index (χ1v) is 4.61. The number of nitrogens with two attached hydrogens (primary N) is 1. The van der Waals surface area contributed by atoms with Gasteiger partial charge >= 0.3 is 0 Å². The van der Waals surface area contributed by atoms with E-state index < -0.39 is 5.91 Å². The van der Waals surface area contributed by atoms with E-state index in [0.717, 1.165) is 0 Å². The number of carbonyl (C=O) groups excluding carboxylic acids is 1. The average Bonchev–Trinajstić information content (AvgIpc) is 2.61. The van der Waals surface area contributed by atoms with Crippen molar-refractivity contribution in [3.8, 4) is 0 Å². The molecule has 1 rings (SSSR count). The molecule has 0 aliphatic heterocycles. The summed E-state index contributed by atoms with van der Waals surface area (Å²) in [6.07, 6.45) is 0. The van der Waals surface area contributed by atoms with Crippen LogP contribution in [0.4, 0.5) is 5.13 Å². The lowest BCUT2D eigenvalue weighted by molar-refractivity contribution is -0.112. The van der Waals surface area contributed by atoms with Gasteiger partial charge in [-0.3, -0.25) is 4.79 Å². The van der Waals surface area contributed by atoms with E-state index in [1.165, 1.54) is 18.4 Å². The molecule has 1 aromatic rings. The van der Waals surface area contributed by atoms with Crippen molar-refractivity contribution in [2.45, 2.75) is 0 Å².